The summed E-state index contributed by atoms with van der Waals surface area (Å²) in [6.07, 6.45) is 5.07. The summed E-state index contributed by atoms with van der Waals surface area (Å²) in [6.45, 7) is 2.64. The number of benzene rings is 1. The van der Waals surface area contributed by atoms with E-state index in [1.165, 1.54) is 0 Å². The smallest absolute Gasteiger partial charge is 0.0512 e. The molecule has 4 nitrogen and oxygen atoms in total. The lowest BCUT2D eigenvalue weighted by Gasteiger charge is -2.11. The number of aliphatic hydroxyl groups excluding tert-OH is 1. The molecule has 96 valence electrons. The molecule has 0 saturated heterocycles. The molecule has 0 aliphatic heterocycles. The molecule has 0 saturated carbocycles. The van der Waals surface area contributed by atoms with E-state index in [4.69, 9.17) is 5.73 Å². The Morgan fingerprint density at radius 1 is 1.33 bits per heavy atom. The van der Waals surface area contributed by atoms with E-state index in [9.17, 15) is 5.11 Å². The molecule has 1 unspecified atom stereocenters. The van der Waals surface area contributed by atoms with Crippen molar-refractivity contribution >= 4 is 22.1 Å². The van der Waals surface area contributed by atoms with E-state index in [2.05, 4.69) is 10.3 Å². The minimum absolute atomic E-state index is 0.239. The number of anilines is 2. The van der Waals surface area contributed by atoms with Crippen molar-refractivity contribution in [3.8, 4) is 0 Å². The second kappa shape index (κ2) is 5.69. The summed E-state index contributed by atoms with van der Waals surface area (Å²) in [6, 6.07) is 5.80. The van der Waals surface area contributed by atoms with Gasteiger partial charge in [-0.05, 0) is 38.0 Å². The van der Waals surface area contributed by atoms with Gasteiger partial charge in [0.25, 0.3) is 0 Å². The minimum Gasteiger partial charge on any atom is -0.398 e. The van der Waals surface area contributed by atoms with Gasteiger partial charge in [-0.25, -0.2) is 0 Å². The number of aromatic nitrogens is 1. The number of rotatable bonds is 5. The van der Waals surface area contributed by atoms with Crippen molar-refractivity contribution in [1.29, 1.82) is 0 Å². The molecule has 1 atom stereocenters. The Kier molecular flexibility index (Phi) is 3.99. The highest BCUT2D eigenvalue weighted by atomic mass is 16.3. The van der Waals surface area contributed by atoms with Gasteiger partial charge in [0.1, 0.15) is 0 Å². The van der Waals surface area contributed by atoms with Crippen molar-refractivity contribution in [2.45, 2.75) is 25.9 Å². The zero-order valence-corrected chi connectivity index (χ0v) is 10.6. The van der Waals surface area contributed by atoms with Crippen molar-refractivity contribution < 1.29 is 5.11 Å². The van der Waals surface area contributed by atoms with Gasteiger partial charge in [-0.2, -0.15) is 0 Å². The third-order valence-corrected chi connectivity index (χ3v) is 2.97. The number of fused-ring (bicyclic) bond motifs is 1. The van der Waals surface area contributed by atoms with E-state index in [1.807, 2.05) is 31.3 Å². The molecular weight excluding hydrogens is 226 g/mol. The number of nitrogens with two attached hydrogens (primary N) is 1. The van der Waals surface area contributed by atoms with Crippen LogP contribution in [0.2, 0.25) is 0 Å². The van der Waals surface area contributed by atoms with Gasteiger partial charge in [0.05, 0.1) is 6.10 Å². The summed E-state index contributed by atoms with van der Waals surface area (Å²) in [5, 5.41) is 14.6. The Bertz CT molecular complexity index is 525. The van der Waals surface area contributed by atoms with E-state index >= 15 is 0 Å². The maximum Gasteiger partial charge on any atom is 0.0512 e. The lowest BCUT2D eigenvalue weighted by atomic mass is 10.1. The summed E-state index contributed by atoms with van der Waals surface area (Å²) < 4.78 is 0. The number of aliphatic hydroxyl groups is 1. The second-order valence-corrected chi connectivity index (χ2v) is 4.54. The topological polar surface area (TPSA) is 71.2 Å². The summed E-state index contributed by atoms with van der Waals surface area (Å²) in [5.74, 6) is 0. The molecule has 4 N–H and O–H groups in total. The highest BCUT2D eigenvalue weighted by Crippen LogP contribution is 2.27. The van der Waals surface area contributed by atoms with Gasteiger partial charge in [0.15, 0.2) is 0 Å². The van der Waals surface area contributed by atoms with Crippen LogP contribution < -0.4 is 11.1 Å². The third-order valence-electron chi connectivity index (χ3n) is 2.97. The zero-order chi connectivity index (χ0) is 13.0. The molecule has 2 aromatic rings. The predicted molar refractivity (Wildman–Crippen MR) is 75.6 cm³/mol. The lowest BCUT2D eigenvalue weighted by molar-refractivity contribution is 0.183. The number of hydrogen-bond donors (Lipinski definition) is 3. The molecule has 1 aromatic carbocycles. The quantitative estimate of drug-likeness (QED) is 0.558. The number of hydrogen-bond acceptors (Lipinski definition) is 4. The zero-order valence-electron chi connectivity index (χ0n) is 10.6. The summed E-state index contributed by atoms with van der Waals surface area (Å²) in [7, 11) is 0. The van der Waals surface area contributed by atoms with Gasteiger partial charge >= 0.3 is 0 Å². The van der Waals surface area contributed by atoms with Gasteiger partial charge < -0.3 is 16.2 Å². The van der Waals surface area contributed by atoms with Gasteiger partial charge in [-0.3, -0.25) is 4.98 Å². The SMILES string of the molecule is CC(O)CCCNc1ccc(N)c2ccncc12. The largest absolute Gasteiger partial charge is 0.398 e. The summed E-state index contributed by atoms with van der Waals surface area (Å²) in [4.78, 5) is 4.14. The fourth-order valence-electron chi connectivity index (χ4n) is 1.99. The molecule has 0 aliphatic rings. The van der Waals surface area contributed by atoms with Crippen molar-refractivity contribution in [2.75, 3.05) is 17.6 Å². The fraction of sp³-hybridized carbons (Fsp3) is 0.357. The van der Waals surface area contributed by atoms with Gasteiger partial charge in [0, 0.05) is 41.1 Å². The third kappa shape index (κ3) is 2.90. The Morgan fingerprint density at radius 3 is 2.94 bits per heavy atom. The first kappa shape index (κ1) is 12.6. The number of pyridine rings is 1. The van der Waals surface area contributed by atoms with Gasteiger partial charge in [-0.1, -0.05) is 0 Å². The van der Waals surface area contributed by atoms with Crippen LogP contribution in [0.5, 0.6) is 0 Å². The van der Waals surface area contributed by atoms with E-state index in [-0.39, 0.29) is 6.10 Å². The maximum absolute atomic E-state index is 9.20. The standard InChI is InChI=1S/C14H19N3O/c1-10(18)3-2-7-17-14-5-4-13(15)11-6-8-16-9-12(11)14/h4-6,8-10,17-18H,2-3,7,15H2,1H3. The Labute approximate surface area is 107 Å². The molecule has 0 amide bonds. The number of nitrogen functional groups attached to an aromatic ring is 1. The highest BCUT2D eigenvalue weighted by Gasteiger charge is 2.03. The van der Waals surface area contributed by atoms with Crippen LogP contribution in [-0.2, 0) is 0 Å². The first-order valence-corrected chi connectivity index (χ1v) is 6.22. The molecule has 1 heterocycles. The van der Waals surface area contributed by atoms with Crippen LogP contribution in [-0.4, -0.2) is 22.7 Å². The van der Waals surface area contributed by atoms with Crippen molar-refractivity contribution in [1.82, 2.24) is 4.98 Å². The normalized spacial score (nSPS) is 12.6. The second-order valence-electron chi connectivity index (χ2n) is 4.54. The van der Waals surface area contributed by atoms with Gasteiger partial charge in [-0.15, -0.1) is 0 Å². The first-order chi connectivity index (χ1) is 8.68. The lowest BCUT2D eigenvalue weighted by Crippen LogP contribution is -2.07. The molecule has 0 fully saturated rings. The molecule has 2 rings (SSSR count). The Balaban J connectivity index is 2.11. The van der Waals surface area contributed by atoms with Crippen LogP contribution in [0.25, 0.3) is 10.8 Å². The van der Waals surface area contributed by atoms with E-state index in [0.29, 0.717) is 0 Å². The van der Waals surface area contributed by atoms with Crippen LogP contribution in [0.15, 0.2) is 30.6 Å². The molecule has 0 radical (unpaired) electrons. The van der Waals surface area contributed by atoms with Crippen molar-refractivity contribution in [3.63, 3.8) is 0 Å². The first-order valence-electron chi connectivity index (χ1n) is 6.22. The van der Waals surface area contributed by atoms with Gasteiger partial charge in [0.2, 0.25) is 0 Å². The van der Waals surface area contributed by atoms with E-state index in [0.717, 1.165) is 41.5 Å². The number of nitrogens with one attached hydrogen (secondary N) is 1. The van der Waals surface area contributed by atoms with Crippen LogP contribution in [0.1, 0.15) is 19.8 Å². The molecule has 0 aliphatic carbocycles. The number of nitrogens with zero attached hydrogens (tertiary/aromatic N) is 1. The molecular formula is C14H19N3O. The van der Waals surface area contributed by atoms with Crippen molar-refractivity contribution in [3.05, 3.63) is 30.6 Å². The van der Waals surface area contributed by atoms with Crippen LogP contribution >= 0.6 is 0 Å². The van der Waals surface area contributed by atoms with Crippen LogP contribution in [0.4, 0.5) is 11.4 Å². The highest BCUT2D eigenvalue weighted by molar-refractivity contribution is 6.00. The predicted octanol–water partition coefficient (Wildman–Crippen LogP) is 2.39. The van der Waals surface area contributed by atoms with E-state index in [1.54, 1.807) is 6.20 Å². The maximum atomic E-state index is 9.20. The molecule has 4 heteroatoms. The van der Waals surface area contributed by atoms with Crippen LogP contribution in [0, 0.1) is 0 Å². The summed E-state index contributed by atoms with van der Waals surface area (Å²) >= 11 is 0. The average molecular weight is 245 g/mol. The Hall–Kier alpha value is -1.81. The molecule has 1 aromatic heterocycles. The fourth-order valence-corrected chi connectivity index (χ4v) is 1.99. The molecule has 0 spiro atoms. The van der Waals surface area contributed by atoms with E-state index < -0.39 is 0 Å². The molecule has 18 heavy (non-hydrogen) atoms. The Morgan fingerprint density at radius 2 is 2.17 bits per heavy atom. The monoisotopic (exact) mass is 245 g/mol. The molecule has 0 bridgehead atoms. The minimum atomic E-state index is -0.239. The van der Waals surface area contributed by atoms with Crippen molar-refractivity contribution in [2.24, 2.45) is 0 Å². The average Bonchev–Trinajstić information content (AvgIpc) is 2.37. The summed E-state index contributed by atoms with van der Waals surface area (Å²) in [5.41, 5.74) is 7.74. The van der Waals surface area contributed by atoms with Crippen LogP contribution in [0.3, 0.4) is 0 Å².